The number of hydrogen-bond acceptors (Lipinski definition) is 4. The second kappa shape index (κ2) is 4.25. The summed E-state index contributed by atoms with van der Waals surface area (Å²) in [6.45, 7) is 1.71. The first-order valence-electron chi connectivity index (χ1n) is 4.98. The minimum absolute atomic E-state index is 0.0654. The summed E-state index contributed by atoms with van der Waals surface area (Å²) in [5, 5.41) is 6.11. The van der Waals surface area contributed by atoms with Crippen LogP contribution < -0.4 is 10.9 Å². The lowest BCUT2D eigenvalue weighted by atomic mass is 10.2. The smallest absolute Gasteiger partial charge is 0.263 e. The molecule has 1 amide bonds. The maximum absolute atomic E-state index is 11.8. The van der Waals surface area contributed by atoms with Crippen LogP contribution in [0.1, 0.15) is 16.1 Å². The van der Waals surface area contributed by atoms with Gasteiger partial charge in [0.05, 0.1) is 0 Å². The van der Waals surface area contributed by atoms with Gasteiger partial charge in [-0.2, -0.15) is 0 Å². The van der Waals surface area contributed by atoms with E-state index in [2.05, 4.69) is 10.5 Å². The normalized spacial score (nSPS) is 10.2. The molecule has 0 aliphatic heterocycles. The monoisotopic (exact) mass is 233 g/mol. The number of amides is 1. The van der Waals surface area contributed by atoms with Crippen LogP contribution in [0.5, 0.6) is 0 Å². The average Bonchev–Trinajstić information content (AvgIpc) is 2.68. The van der Waals surface area contributed by atoms with Crippen molar-refractivity contribution in [3.05, 3.63) is 46.1 Å². The lowest BCUT2D eigenvalue weighted by Crippen LogP contribution is -2.27. The number of carbonyl (C=O) groups excluding carboxylic acids is 1. The highest BCUT2D eigenvalue weighted by Gasteiger charge is 2.12. The summed E-state index contributed by atoms with van der Waals surface area (Å²) in [6, 6.07) is 4.67. The molecule has 2 aromatic heterocycles. The Morgan fingerprint density at radius 2 is 2.29 bits per heavy atom. The number of hydrogen-bond donors (Lipinski definition) is 1. The Morgan fingerprint density at radius 1 is 1.53 bits per heavy atom. The molecule has 2 aromatic rings. The van der Waals surface area contributed by atoms with Gasteiger partial charge in [0.25, 0.3) is 11.5 Å². The van der Waals surface area contributed by atoms with Crippen molar-refractivity contribution in [1.29, 1.82) is 0 Å². The Morgan fingerprint density at radius 3 is 2.94 bits per heavy atom. The summed E-state index contributed by atoms with van der Waals surface area (Å²) in [4.78, 5) is 23.5. The number of nitrogens with one attached hydrogen (secondary N) is 1. The van der Waals surface area contributed by atoms with Crippen molar-refractivity contribution < 1.29 is 9.32 Å². The van der Waals surface area contributed by atoms with Gasteiger partial charge >= 0.3 is 0 Å². The Bertz CT molecular complexity index is 612. The molecule has 0 aromatic carbocycles. The largest absolute Gasteiger partial charge is 0.360 e. The Labute approximate surface area is 96.9 Å². The van der Waals surface area contributed by atoms with Crippen LogP contribution in [0.2, 0.25) is 0 Å². The molecular formula is C11H11N3O3. The third-order valence-electron chi connectivity index (χ3n) is 2.24. The third kappa shape index (κ3) is 2.25. The molecular weight excluding hydrogens is 222 g/mol. The number of carbonyl (C=O) groups is 1. The summed E-state index contributed by atoms with van der Waals surface area (Å²) in [7, 11) is 1.58. The fourth-order valence-electron chi connectivity index (χ4n) is 1.38. The van der Waals surface area contributed by atoms with Gasteiger partial charge in [0.15, 0.2) is 5.82 Å². The van der Waals surface area contributed by atoms with Gasteiger partial charge < -0.3 is 14.4 Å². The highest BCUT2D eigenvalue weighted by molar-refractivity contribution is 6.03. The molecule has 2 heterocycles. The number of aromatic nitrogens is 2. The zero-order chi connectivity index (χ0) is 12.4. The van der Waals surface area contributed by atoms with Gasteiger partial charge in [0, 0.05) is 19.3 Å². The van der Waals surface area contributed by atoms with Crippen LogP contribution in [0.3, 0.4) is 0 Å². The Hall–Kier alpha value is -2.37. The molecule has 0 unspecified atom stereocenters. The zero-order valence-corrected chi connectivity index (χ0v) is 9.43. The van der Waals surface area contributed by atoms with E-state index >= 15 is 0 Å². The molecule has 0 radical (unpaired) electrons. The molecule has 0 atom stereocenters. The number of anilines is 1. The standard InChI is InChI=1S/C11H11N3O3/c1-7-6-9(13-17-7)12-10(15)8-4-3-5-14(2)11(8)16/h3-6H,1-2H3,(H,12,13,15). The van der Waals surface area contributed by atoms with Crippen LogP contribution in [0.15, 0.2) is 33.7 Å². The van der Waals surface area contributed by atoms with Gasteiger partial charge in [-0.15, -0.1) is 0 Å². The van der Waals surface area contributed by atoms with Crippen LogP contribution >= 0.6 is 0 Å². The highest BCUT2D eigenvalue weighted by atomic mass is 16.5. The SMILES string of the molecule is Cc1cc(NC(=O)c2cccn(C)c2=O)no1. The molecule has 1 N–H and O–H groups in total. The van der Waals surface area contributed by atoms with E-state index < -0.39 is 5.91 Å². The number of aryl methyl sites for hydroxylation is 2. The quantitative estimate of drug-likeness (QED) is 0.837. The van der Waals surface area contributed by atoms with Crippen LogP contribution in [-0.4, -0.2) is 15.6 Å². The summed E-state index contributed by atoms with van der Waals surface area (Å²) in [5.41, 5.74) is -0.291. The van der Waals surface area contributed by atoms with E-state index in [1.807, 2.05) is 0 Å². The molecule has 0 aliphatic carbocycles. The zero-order valence-electron chi connectivity index (χ0n) is 9.43. The van der Waals surface area contributed by atoms with Gasteiger partial charge in [-0.3, -0.25) is 9.59 Å². The van der Waals surface area contributed by atoms with E-state index in [-0.39, 0.29) is 11.1 Å². The molecule has 0 saturated heterocycles. The van der Waals surface area contributed by atoms with Gasteiger partial charge in [-0.1, -0.05) is 5.16 Å². The van der Waals surface area contributed by atoms with Crippen molar-refractivity contribution in [2.75, 3.05) is 5.32 Å². The van der Waals surface area contributed by atoms with E-state index in [1.165, 1.54) is 10.6 Å². The second-order valence-electron chi connectivity index (χ2n) is 3.61. The van der Waals surface area contributed by atoms with E-state index in [0.717, 1.165) is 0 Å². The number of rotatable bonds is 2. The van der Waals surface area contributed by atoms with E-state index in [0.29, 0.717) is 11.6 Å². The van der Waals surface area contributed by atoms with Gasteiger partial charge in [0.1, 0.15) is 11.3 Å². The molecule has 6 heteroatoms. The minimum Gasteiger partial charge on any atom is -0.360 e. The fraction of sp³-hybridized carbons (Fsp3) is 0.182. The molecule has 0 saturated carbocycles. The van der Waals surface area contributed by atoms with Gasteiger partial charge in [0.2, 0.25) is 0 Å². The number of pyridine rings is 1. The summed E-state index contributed by atoms with van der Waals surface area (Å²) in [6.07, 6.45) is 1.58. The van der Waals surface area contributed by atoms with Gasteiger partial charge in [-0.05, 0) is 19.1 Å². The molecule has 88 valence electrons. The first kappa shape index (κ1) is 11.1. The van der Waals surface area contributed by atoms with Crippen molar-refractivity contribution in [3.63, 3.8) is 0 Å². The molecule has 6 nitrogen and oxygen atoms in total. The number of nitrogens with zero attached hydrogens (tertiary/aromatic N) is 2. The van der Waals surface area contributed by atoms with Crippen molar-refractivity contribution >= 4 is 11.7 Å². The fourth-order valence-corrected chi connectivity index (χ4v) is 1.38. The maximum Gasteiger partial charge on any atom is 0.263 e. The Kier molecular flexibility index (Phi) is 2.78. The first-order chi connectivity index (χ1) is 8.08. The summed E-state index contributed by atoms with van der Waals surface area (Å²) < 4.78 is 6.14. The van der Waals surface area contributed by atoms with Crippen LogP contribution in [0.4, 0.5) is 5.82 Å². The predicted octanol–water partition coefficient (Wildman–Crippen LogP) is 0.934. The van der Waals surface area contributed by atoms with Crippen LogP contribution in [0, 0.1) is 6.92 Å². The molecule has 0 spiro atoms. The molecule has 2 rings (SSSR count). The van der Waals surface area contributed by atoms with Crippen molar-refractivity contribution in [1.82, 2.24) is 9.72 Å². The molecule has 0 bridgehead atoms. The average molecular weight is 233 g/mol. The third-order valence-corrected chi connectivity index (χ3v) is 2.24. The highest BCUT2D eigenvalue weighted by Crippen LogP contribution is 2.07. The van der Waals surface area contributed by atoms with E-state index in [9.17, 15) is 9.59 Å². The maximum atomic E-state index is 11.8. The Balaban J connectivity index is 2.26. The van der Waals surface area contributed by atoms with Gasteiger partial charge in [-0.25, -0.2) is 0 Å². The second-order valence-corrected chi connectivity index (χ2v) is 3.61. The first-order valence-corrected chi connectivity index (χ1v) is 4.98. The molecule has 17 heavy (non-hydrogen) atoms. The van der Waals surface area contributed by atoms with E-state index in [4.69, 9.17) is 4.52 Å². The molecule has 0 fully saturated rings. The van der Waals surface area contributed by atoms with Crippen molar-refractivity contribution in [3.8, 4) is 0 Å². The summed E-state index contributed by atoms with van der Waals surface area (Å²) >= 11 is 0. The molecule has 0 aliphatic rings. The lowest BCUT2D eigenvalue weighted by Gasteiger charge is -2.02. The van der Waals surface area contributed by atoms with Crippen molar-refractivity contribution in [2.45, 2.75) is 6.92 Å². The van der Waals surface area contributed by atoms with Crippen molar-refractivity contribution in [2.24, 2.45) is 7.05 Å². The van der Waals surface area contributed by atoms with Crippen LogP contribution in [0.25, 0.3) is 0 Å². The van der Waals surface area contributed by atoms with E-state index in [1.54, 1.807) is 32.3 Å². The minimum atomic E-state index is -0.500. The van der Waals surface area contributed by atoms with Crippen LogP contribution in [-0.2, 0) is 7.05 Å². The topological polar surface area (TPSA) is 77.1 Å². The predicted molar refractivity (Wildman–Crippen MR) is 60.9 cm³/mol. The lowest BCUT2D eigenvalue weighted by molar-refractivity contribution is 0.102. The summed E-state index contributed by atoms with van der Waals surface area (Å²) in [5.74, 6) is 0.374.